The minimum absolute atomic E-state index is 0.0464. The van der Waals surface area contributed by atoms with Gasteiger partial charge < -0.3 is 4.98 Å². The van der Waals surface area contributed by atoms with E-state index in [-0.39, 0.29) is 11.8 Å². The molecule has 0 saturated heterocycles. The predicted molar refractivity (Wildman–Crippen MR) is 143 cm³/mol. The summed E-state index contributed by atoms with van der Waals surface area (Å²) in [5, 5.41) is 11.2. The van der Waals surface area contributed by atoms with Crippen LogP contribution in [0.5, 0.6) is 0 Å². The first-order chi connectivity index (χ1) is 17.7. The molecule has 7 aromatic rings. The van der Waals surface area contributed by atoms with E-state index in [0.29, 0.717) is 16.8 Å². The van der Waals surface area contributed by atoms with Crippen LogP contribution in [-0.4, -0.2) is 40.6 Å². The van der Waals surface area contributed by atoms with E-state index in [9.17, 15) is 4.79 Å². The Kier molecular flexibility index (Phi) is 4.04. The van der Waals surface area contributed by atoms with E-state index < -0.39 is 0 Å². The van der Waals surface area contributed by atoms with Crippen LogP contribution in [0.2, 0.25) is 0 Å². The first-order valence-corrected chi connectivity index (χ1v) is 12.8. The highest BCUT2D eigenvalue weighted by Crippen LogP contribution is 2.33. The van der Waals surface area contributed by atoms with E-state index in [1.54, 1.807) is 23.7 Å². The van der Waals surface area contributed by atoms with E-state index >= 15 is 0 Å². The van der Waals surface area contributed by atoms with Crippen LogP contribution in [0.1, 0.15) is 24.1 Å². The standard InChI is InChI=1S/C27H19N7OS/c35-27(14-3-1-4-14)34-17-9-15(11-28-13-17)16-10-19-24(32-33-25(19)29-12-16)26-30-20-6-2-5-18(23(20)31-26)21-7-8-22(34)36-21/h2,5-14H,1,3-4H2,(H,30,31)(H,29,32,33). The van der Waals surface area contributed by atoms with E-state index in [2.05, 4.69) is 43.3 Å². The number of carbonyl (C=O) groups excluding carboxylic acids is 1. The zero-order chi connectivity index (χ0) is 23.8. The van der Waals surface area contributed by atoms with Gasteiger partial charge in [-0.3, -0.25) is 19.4 Å². The smallest absolute Gasteiger partial charge is 0.235 e. The summed E-state index contributed by atoms with van der Waals surface area (Å²) < 4.78 is 2.90. The largest absolute Gasteiger partial charge is 0.337 e. The van der Waals surface area contributed by atoms with Crippen LogP contribution < -0.4 is 0 Å². The van der Waals surface area contributed by atoms with Crippen molar-refractivity contribution in [3.63, 3.8) is 0 Å². The second-order valence-electron chi connectivity index (χ2n) is 9.35. The van der Waals surface area contributed by atoms with Gasteiger partial charge in [-0.05, 0) is 43.2 Å². The highest BCUT2D eigenvalue weighted by Gasteiger charge is 2.27. The lowest BCUT2D eigenvalue weighted by molar-refractivity contribution is 0.0776. The maximum atomic E-state index is 13.7. The van der Waals surface area contributed by atoms with Crippen molar-refractivity contribution in [1.29, 1.82) is 0 Å². The Morgan fingerprint density at radius 2 is 1.89 bits per heavy atom. The van der Waals surface area contributed by atoms with Crippen LogP contribution in [0, 0.1) is 5.92 Å². The molecule has 8 bridgehead atoms. The molecular formula is C27H19N7OS. The predicted octanol–water partition coefficient (Wildman–Crippen LogP) is 6.27. The summed E-state index contributed by atoms with van der Waals surface area (Å²) in [6, 6.07) is 14.3. The van der Waals surface area contributed by atoms with E-state index in [1.165, 1.54) is 0 Å². The maximum absolute atomic E-state index is 13.7. The van der Waals surface area contributed by atoms with Crippen molar-refractivity contribution in [3.05, 3.63) is 61.1 Å². The zero-order valence-corrected chi connectivity index (χ0v) is 19.8. The van der Waals surface area contributed by atoms with Gasteiger partial charge in [0.1, 0.15) is 10.3 Å². The summed E-state index contributed by atoms with van der Waals surface area (Å²) >= 11 is 1.59. The van der Waals surface area contributed by atoms with Crippen LogP contribution in [0.4, 0.5) is 0 Å². The molecule has 0 amide bonds. The molecule has 1 aliphatic carbocycles. The number of pyridine rings is 2. The number of H-pyrrole nitrogens is 2. The van der Waals surface area contributed by atoms with Crippen molar-refractivity contribution in [1.82, 2.24) is 34.7 Å². The van der Waals surface area contributed by atoms with E-state index in [4.69, 9.17) is 4.98 Å². The van der Waals surface area contributed by atoms with Crippen molar-refractivity contribution in [3.8, 4) is 0 Å². The third kappa shape index (κ3) is 2.83. The fraction of sp³-hybridized carbons (Fsp3) is 0.148. The summed E-state index contributed by atoms with van der Waals surface area (Å²) in [5.74, 6) is 0.175. The van der Waals surface area contributed by atoms with Crippen LogP contribution in [0.25, 0.3) is 64.4 Å². The van der Waals surface area contributed by atoms with Gasteiger partial charge in [0.2, 0.25) is 5.91 Å². The number of carbonyl (C=O) groups is 1. The van der Waals surface area contributed by atoms with Crippen molar-refractivity contribution >= 4 is 81.7 Å². The molecule has 2 N–H and O–H groups in total. The number of fused-ring (bicyclic) bond motifs is 9. The highest BCUT2D eigenvalue weighted by atomic mass is 32.1. The second kappa shape index (κ2) is 7.32. The lowest BCUT2D eigenvalue weighted by Crippen LogP contribution is -2.27. The quantitative estimate of drug-likeness (QED) is 0.283. The van der Waals surface area contributed by atoms with Crippen molar-refractivity contribution < 1.29 is 4.79 Å². The average Bonchev–Trinajstić information content (AvgIpc) is 3.60. The number of aromatic nitrogens is 7. The number of aromatic amines is 2. The monoisotopic (exact) mass is 489 g/mol. The molecule has 0 aliphatic heterocycles. The Morgan fingerprint density at radius 3 is 2.78 bits per heavy atom. The Morgan fingerprint density at radius 1 is 0.972 bits per heavy atom. The third-order valence-corrected chi connectivity index (χ3v) is 8.32. The number of nitrogens with zero attached hydrogens (tertiary/aromatic N) is 5. The molecule has 1 fully saturated rings. The zero-order valence-electron chi connectivity index (χ0n) is 19.0. The number of rotatable bonds is 1. The Bertz CT molecular complexity index is 2070. The Labute approximate surface area is 207 Å². The number of benzene rings is 1. The third-order valence-electron chi connectivity index (χ3n) is 7.22. The first kappa shape index (κ1) is 19.9. The number of imidazole rings is 1. The van der Waals surface area contributed by atoms with Crippen molar-refractivity contribution in [2.45, 2.75) is 19.3 Å². The summed E-state index contributed by atoms with van der Waals surface area (Å²) in [7, 11) is 0. The molecule has 8 rings (SSSR count). The molecule has 0 atom stereocenters. The molecular weight excluding hydrogens is 470 g/mol. The van der Waals surface area contributed by atoms with Crippen LogP contribution >= 0.6 is 11.3 Å². The highest BCUT2D eigenvalue weighted by molar-refractivity contribution is 7.24. The number of hydrogen-bond donors (Lipinski definition) is 2. The topological polar surface area (TPSA) is 105 Å². The summed E-state index contributed by atoms with van der Waals surface area (Å²) in [6.07, 6.45) is 8.34. The maximum Gasteiger partial charge on any atom is 0.235 e. The fourth-order valence-corrected chi connectivity index (χ4v) is 6.15. The van der Waals surface area contributed by atoms with Gasteiger partial charge in [0.25, 0.3) is 0 Å². The SMILES string of the molecule is O=C(C1CCC1)n1c2cncc(c2)c2cnc3[nH]nc(c4nc5c(cccc5c5ccc1s5)[nH]4)c3c2. The number of thiophene rings is 1. The Balaban J connectivity index is 1.62. The number of hydrogen-bond acceptors (Lipinski definition) is 6. The van der Waals surface area contributed by atoms with Gasteiger partial charge in [0.15, 0.2) is 11.3 Å². The molecule has 174 valence electrons. The van der Waals surface area contributed by atoms with Crippen molar-refractivity contribution in [2.24, 2.45) is 5.92 Å². The van der Waals surface area contributed by atoms with Gasteiger partial charge in [-0.15, -0.1) is 11.3 Å². The molecule has 36 heavy (non-hydrogen) atoms. The fourth-order valence-electron chi connectivity index (χ4n) is 5.09. The van der Waals surface area contributed by atoms with Gasteiger partial charge in [-0.25, -0.2) is 9.97 Å². The molecule has 1 saturated carbocycles. The molecule has 9 heteroatoms. The lowest BCUT2D eigenvalue weighted by Gasteiger charge is -2.24. The minimum Gasteiger partial charge on any atom is -0.337 e. The average molecular weight is 490 g/mol. The summed E-state index contributed by atoms with van der Waals surface area (Å²) in [6.45, 7) is 0. The molecule has 1 aliphatic rings. The van der Waals surface area contributed by atoms with Crippen molar-refractivity contribution in [2.75, 3.05) is 0 Å². The molecule has 6 aromatic heterocycles. The van der Waals surface area contributed by atoms with Gasteiger partial charge in [-0.1, -0.05) is 18.6 Å². The van der Waals surface area contributed by atoms with Crippen LogP contribution in [0.15, 0.2) is 61.1 Å². The van der Waals surface area contributed by atoms with Gasteiger partial charge in [0.05, 0.1) is 28.1 Å². The minimum atomic E-state index is 0.0464. The molecule has 0 unspecified atom stereocenters. The molecule has 8 nitrogen and oxygen atoms in total. The van der Waals surface area contributed by atoms with Gasteiger partial charge in [-0.2, -0.15) is 5.10 Å². The van der Waals surface area contributed by atoms with E-state index in [0.717, 1.165) is 66.9 Å². The lowest BCUT2D eigenvalue weighted by atomic mass is 9.84. The second-order valence-corrected chi connectivity index (χ2v) is 10.4. The number of para-hydroxylation sites is 1. The number of nitrogens with one attached hydrogen (secondary N) is 2. The summed E-state index contributed by atoms with van der Waals surface area (Å²) in [4.78, 5) is 32.1. The van der Waals surface area contributed by atoms with E-state index in [1.807, 2.05) is 35.0 Å². The first-order valence-electron chi connectivity index (χ1n) is 12.0. The van der Waals surface area contributed by atoms with Crippen LogP contribution in [0.3, 0.4) is 0 Å². The normalized spacial score (nSPS) is 14.3. The van der Waals surface area contributed by atoms with Crippen LogP contribution in [-0.2, 0) is 0 Å². The Hall–Kier alpha value is -4.37. The molecule has 6 heterocycles. The molecule has 1 aromatic carbocycles. The molecule has 0 radical (unpaired) electrons. The molecule has 0 spiro atoms. The van der Waals surface area contributed by atoms with Gasteiger partial charge >= 0.3 is 0 Å². The van der Waals surface area contributed by atoms with Gasteiger partial charge in [0, 0.05) is 39.2 Å². The summed E-state index contributed by atoms with van der Waals surface area (Å²) in [5.41, 5.74) is 4.65.